The first-order valence-corrected chi connectivity index (χ1v) is 10.4. The van der Waals surface area contributed by atoms with Crippen molar-refractivity contribution in [1.82, 2.24) is 9.97 Å². The van der Waals surface area contributed by atoms with Crippen molar-refractivity contribution in [2.45, 2.75) is 32.2 Å². The molecule has 6 nitrogen and oxygen atoms in total. The first-order valence-electron chi connectivity index (χ1n) is 8.61. The Morgan fingerprint density at radius 3 is 2.72 bits per heavy atom. The monoisotopic (exact) mass is 360 g/mol. The maximum Gasteiger partial charge on any atom is 0.224 e. The molecule has 134 valence electrons. The van der Waals surface area contributed by atoms with Crippen molar-refractivity contribution in [2.24, 2.45) is 0 Å². The second kappa shape index (κ2) is 7.82. The summed E-state index contributed by atoms with van der Waals surface area (Å²) < 4.78 is 23.1. The molecule has 7 heteroatoms. The SMILES string of the molecule is Cc1cc(NC2CCS(=O)(=O)C2)nc(NCCCc2ccccc2)n1. The molecule has 0 spiro atoms. The zero-order chi connectivity index (χ0) is 17.7. The molecule has 25 heavy (non-hydrogen) atoms. The molecule has 0 amide bonds. The summed E-state index contributed by atoms with van der Waals surface area (Å²) in [4.78, 5) is 8.86. The van der Waals surface area contributed by atoms with Crippen molar-refractivity contribution in [3.8, 4) is 0 Å². The number of rotatable bonds is 7. The van der Waals surface area contributed by atoms with Crippen molar-refractivity contribution in [1.29, 1.82) is 0 Å². The van der Waals surface area contributed by atoms with Crippen molar-refractivity contribution in [2.75, 3.05) is 28.7 Å². The van der Waals surface area contributed by atoms with Gasteiger partial charge >= 0.3 is 0 Å². The highest BCUT2D eigenvalue weighted by molar-refractivity contribution is 7.91. The lowest BCUT2D eigenvalue weighted by Gasteiger charge is -2.13. The molecular formula is C18H24N4O2S. The lowest BCUT2D eigenvalue weighted by atomic mass is 10.1. The summed E-state index contributed by atoms with van der Waals surface area (Å²) in [5, 5.41) is 6.48. The van der Waals surface area contributed by atoms with E-state index in [0.717, 1.165) is 25.1 Å². The molecule has 0 aliphatic carbocycles. The van der Waals surface area contributed by atoms with Crippen molar-refractivity contribution < 1.29 is 8.42 Å². The zero-order valence-corrected chi connectivity index (χ0v) is 15.2. The van der Waals surface area contributed by atoms with Gasteiger partial charge in [-0.05, 0) is 31.7 Å². The Hall–Kier alpha value is -2.15. The number of aromatic nitrogens is 2. The zero-order valence-electron chi connectivity index (χ0n) is 14.4. The van der Waals surface area contributed by atoms with Crippen LogP contribution < -0.4 is 10.6 Å². The van der Waals surface area contributed by atoms with Gasteiger partial charge in [-0.1, -0.05) is 30.3 Å². The topological polar surface area (TPSA) is 84.0 Å². The van der Waals surface area contributed by atoms with Gasteiger partial charge in [0.25, 0.3) is 0 Å². The first kappa shape index (κ1) is 17.7. The third-order valence-electron chi connectivity index (χ3n) is 4.21. The molecule has 0 bridgehead atoms. The van der Waals surface area contributed by atoms with E-state index in [0.29, 0.717) is 18.2 Å². The third kappa shape index (κ3) is 5.42. The normalized spacial score (nSPS) is 18.8. The largest absolute Gasteiger partial charge is 0.366 e. The molecule has 2 N–H and O–H groups in total. The van der Waals surface area contributed by atoms with Gasteiger partial charge in [0, 0.05) is 24.3 Å². The van der Waals surface area contributed by atoms with Gasteiger partial charge in [-0.3, -0.25) is 0 Å². The fraction of sp³-hybridized carbons (Fsp3) is 0.444. The molecule has 0 radical (unpaired) electrons. The minimum Gasteiger partial charge on any atom is -0.366 e. The van der Waals surface area contributed by atoms with Gasteiger partial charge in [0.1, 0.15) is 5.82 Å². The highest BCUT2D eigenvalue weighted by atomic mass is 32.2. The molecule has 2 aromatic rings. The highest BCUT2D eigenvalue weighted by Gasteiger charge is 2.28. The molecule has 1 aromatic carbocycles. The Morgan fingerprint density at radius 2 is 2.00 bits per heavy atom. The number of nitrogens with one attached hydrogen (secondary N) is 2. The Balaban J connectivity index is 1.52. The first-order chi connectivity index (χ1) is 12.0. The Bertz CT molecular complexity index is 809. The maximum atomic E-state index is 11.6. The van der Waals surface area contributed by atoms with Crippen LogP contribution in [0.25, 0.3) is 0 Å². The summed E-state index contributed by atoms with van der Waals surface area (Å²) in [6.45, 7) is 2.70. The van der Waals surface area contributed by atoms with Gasteiger partial charge in [0.15, 0.2) is 9.84 Å². The van der Waals surface area contributed by atoms with Crippen LogP contribution in [0.4, 0.5) is 11.8 Å². The second-order valence-electron chi connectivity index (χ2n) is 6.48. The van der Waals surface area contributed by atoms with Crippen LogP contribution in [0.3, 0.4) is 0 Å². The Kier molecular flexibility index (Phi) is 5.53. The summed E-state index contributed by atoms with van der Waals surface area (Å²) >= 11 is 0. The summed E-state index contributed by atoms with van der Waals surface area (Å²) in [5.74, 6) is 1.69. The van der Waals surface area contributed by atoms with E-state index >= 15 is 0 Å². The van der Waals surface area contributed by atoms with Crippen LogP contribution in [-0.2, 0) is 16.3 Å². The van der Waals surface area contributed by atoms with Gasteiger partial charge in [0.05, 0.1) is 11.5 Å². The quantitative estimate of drug-likeness (QED) is 0.738. The van der Waals surface area contributed by atoms with Gasteiger partial charge < -0.3 is 10.6 Å². The Labute approximate surface area is 149 Å². The fourth-order valence-electron chi connectivity index (χ4n) is 2.98. The molecule has 1 atom stereocenters. The molecular weight excluding hydrogens is 336 g/mol. The van der Waals surface area contributed by atoms with Gasteiger partial charge in [-0.15, -0.1) is 0 Å². The number of hydrogen-bond acceptors (Lipinski definition) is 6. The minimum atomic E-state index is -2.90. The van der Waals surface area contributed by atoms with E-state index in [4.69, 9.17) is 0 Å². The molecule has 1 aliphatic rings. The highest BCUT2D eigenvalue weighted by Crippen LogP contribution is 2.17. The average Bonchev–Trinajstić information content (AvgIpc) is 2.91. The van der Waals surface area contributed by atoms with E-state index in [-0.39, 0.29) is 17.5 Å². The van der Waals surface area contributed by atoms with Crippen LogP contribution in [-0.4, -0.2) is 42.5 Å². The summed E-state index contributed by atoms with van der Waals surface area (Å²) in [5.41, 5.74) is 2.17. The number of aryl methyl sites for hydroxylation is 2. The van der Waals surface area contributed by atoms with Crippen LogP contribution in [0.15, 0.2) is 36.4 Å². The lowest BCUT2D eigenvalue weighted by molar-refractivity contribution is 0.602. The van der Waals surface area contributed by atoms with E-state index in [1.807, 2.05) is 31.2 Å². The van der Waals surface area contributed by atoms with E-state index in [1.54, 1.807) is 0 Å². The number of sulfone groups is 1. The molecule has 1 unspecified atom stereocenters. The number of benzene rings is 1. The molecule has 0 saturated carbocycles. The van der Waals surface area contributed by atoms with E-state index in [9.17, 15) is 8.42 Å². The fourth-order valence-corrected chi connectivity index (χ4v) is 4.65. The maximum absolute atomic E-state index is 11.6. The number of anilines is 2. The third-order valence-corrected chi connectivity index (χ3v) is 5.97. The van der Waals surface area contributed by atoms with Crippen molar-refractivity contribution in [3.05, 3.63) is 47.7 Å². The van der Waals surface area contributed by atoms with Gasteiger partial charge in [-0.2, -0.15) is 4.98 Å². The molecule has 1 aliphatic heterocycles. The smallest absolute Gasteiger partial charge is 0.224 e. The van der Waals surface area contributed by atoms with Crippen LogP contribution in [0.5, 0.6) is 0 Å². The number of hydrogen-bond donors (Lipinski definition) is 2. The second-order valence-corrected chi connectivity index (χ2v) is 8.71. The van der Waals surface area contributed by atoms with Gasteiger partial charge in [-0.25, -0.2) is 13.4 Å². The average molecular weight is 360 g/mol. The summed E-state index contributed by atoms with van der Waals surface area (Å²) in [6, 6.07) is 12.2. The molecule has 1 aromatic heterocycles. The predicted octanol–water partition coefficient (Wildman–Crippen LogP) is 2.43. The number of nitrogens with zero attached hydrogens (tertiary/aromatic N) is 2. The molecule has 3 rings (SSSR count). The minimum absolute atomic E-state index is 0.0646. The van der Waals surface area contributed by atoms with E-state index < -0.39 is 9.84 Å². The predicted molar refractivity (Wildman–Crippen MR) is 101 cm³/mol. The molecule has 1 fully saturated rings. The molecule has 2 heterocycles. The summed E-state index contributed by atoms with van der Waals surface area (Å²) in [7, 11) is -2.90. The van der Waals surface area contributed by atoms with Crippen LogP contribution in [0.1, 0.15) is 24.1 Å². The lowest BCUT2D eigenvalue weighted by Crippen LogP contribution is -2.21. The van der Waals surface area contributed by atoms with Gasteiger partial charge in [0.2, 0.25) is 5.95 Å². The van der Waals surface area contributed by atoms with Crippen LogP contribution >= 0.6 is 0 Å². The van der Waals surface area contributed by atoms with Crippen LogP contribution in [0, 0.1) is 6.92 Å². The van der Waals surface area contributed by atoms with Crippen LogP contribution in [0.2, 0.25) is 0 Å². The van der Waals surface area contributed by atoms with Crippen molar-refractivity contribution in [3.63, 3.8) is 0 Å². The van der Waals surface area contributed by atoms with E-state index in [2.05, 4.69) is 32.7 Å². The van der Waals surface area contributed by atoms with Crippen molar-refractivity contribution >= 4 is 21.6 Å². The Morgan fingerprint density at radius 1 is 1.20 bits per heavy atom. The molecule has 1 saturated heterocycles. The van der Waals surface area contributed by atoms with E-state index in [1.165, 1.54) is 5.56 Å². The summed E-state index contributed by atoms with van der Waals surface area (Å²) in [6.07, 6.45) is 2.63. The standard InChI is InChI=1S/C18H24N4O2S/c1-14-12-17(21-16-9-11-25(23,24)13-16)22-18(20-14)19-10-5-8-15-6-3-2-4-7-15/h2-4,6-7,12,16H,5,8-11,13H2,1H3,(H2,19,20,21,22).